The molecular formula is C12H12O2. The van der Waals surface area contributed by atoms with Crippen LogP contribution in [0.15, 0.2) is 43.0 Å². The van der Waals surface area contributed by atoms with E-state index in [0.717, 1.165) is 0 Å². The van der Waals surface area contributed by atoms with Gasteiger partial charge < -0.3 is 0 Å². The molecule has 0 unspecified atom stereocenters. The van der Waals surface area contributed by atoms with E-state index in [1.165, 1.54) is 6.08 Å². The quantitative estimate of drug-likeness (QED) is 0.525. The Morgan fingerprint density at radius 2 is 1.79 bits per heavy atom. The van der Waals surface area contributed by atoms with E-state index in [0.29, 0.717) is 5.56 Å². The Morgan fingerprint density at radius 3 is 2.36 bits per heavy atom. The van der Waals surface area contributed by atoms with Crippen molar-refractivity contribution in [3.8, 4) is 0 Å². The van der Waals surface area contributed by atoms with E-state index in [2.05, 4.69) is 6.58 Å². The number of Topliss-reactive ketones (excluding diaryl/α,β-unsaturated/α-hetero) is 1. The van der Waals surface area contributed by atoms with E-state index in [9.17, 15) is 9.59 Å². The zero-order valence-corrected chi connectivity index (χ0v) is 7.90. The summed E-state index contributed by atoms with van der Waals surface area (Å²) in [6.45, 7) is 3.35. The van der Waals surface area contributed by atoms with Crippen molar-refractivity contribution >= 4 is 11.6 Å². The summed E-state index contributed by atoms with van der Waals surface area (Å²) in [6, 6.07) is 8.97. The summed E-state index contributed by atoms with van der Waals surface area (Å²) in [5.74, 6) is -0.0879. The van der Waals surface area contributed by atoms with Crippen molar-refractivity contribution in [2.24, 2.45) is 0 Å². The summed E-state index contributed by atoms with van der Waals surface area (Å²) >= 11 is 0. The van der Waals surface area contributed by atoms with Crippen molar-refractivity contribution < 1.29 is 9.59 Å². The zero-order chi connectivity index (χ0) is 10.4. The Labute approximate surface area is 83.3 Å². The van der Waals surface area contributed by atoms with E-state index >= 15 is 0 Å². The number of hydrogen-bond donors (Lipinski definition) is 0. The van der Waals surface area contributed by atoms with Crippen LogP contribution in [0.3, 0.4) is 0 Å². The molecule has 0 bridgehead atoms. The van der Waals surface area contributed by atoms with Crippen molar-refractivity contribution in [3.05, 3.63) is 48.6 Å². The van der Waals surface area contributed by atoms with E-state index < -0.39 is 0 Å². The number of carbonyl (C=O) groups excluding carboxylic acids is 2. The molecule has 1 aromatic carbocycles. The molecule has 1 rings (SSSR count). The number of hydrogen-bond acceptors (Lipinski definition) is 2. The van der Waals surface area contributed by atoms with Crippen molar-refractivity contribution in [2.45, 2.75) is 12.8 Å². The molecule has 0 heterocycles. The van der Waals surface area contributed by atoms with Gasteiger partial charge in [0.15, 0.2) is 11.6 Å². The van der Waals surface area contributed by atoms with Crippen LogP contribution in [-0.2, 0) is 4.79 Å². The first-order valence-electron chi connectivity index (χ1n) is 4.47. The smallest absolute Gasteiger partial charge is 0.163 e. The maximum atomic E-state index is 11.5. The summed E-state index contributed by atoms with van der Waals surface area (Å²) in [4.78, 5) is 22.4. The van der Waals surface area contributed by atoms with Crippen molar-refractivity contribution in [1.29, 1.82) is 0 Å². The van der Waals surface area contributed by atoms with Gasteiger partial charge >= 0.3 is 0 Å². The molecule has 14 heavy (non-hydrogen) atoms. The van der Waals surface area contributed by atoms with Crippen LogP contribution in [0.2, 0.25) is 0 Å². The largest absolute Gasteiger partial charge is 0.295 e. The van der Waals surface area contributed by atoms with Gasteiger partial charge in [-0.1, -0.05) is 36.9 Å². The van der Waals surface area contributed by atoms with E-state index in [4.69, 9.17) is 0 Å². The Bertz CT molecular complexity index is 339. The fraction of sp³-hybridized carbons (Fsp3) is 0.167. The predicted molar refractivity (Wildman–Crippen MR) is 55.2 cm³/mol. The maximum Gasteiger partial charge on any atom is 0.163 e. The zero-order valence-electron chi connectivity index (χ0n) is 7.90. The lowest BCUT2D eigenvalue weighted by atomic mass is 10.1. The van der Waals surface area contributed by atoms with Crippen molar-refractivity contribution in [1.82, 2.24) is 0 Å². The van der Waals surface area contributed by atoms with Gasteiger partial charge in [-0.25, -0.2) is 0 Å². The first kappa shape index (κ1) is 10.4. The minimum Gasteiger partial charge on any atom is -0.295 e. The van der Waals surface area contributed by atoms with Crippen LogP contribution in [0.5, 0.6) is 0 Å². The van der Waals surface area contributed by atoms with E-state index in [1.54, 1.807) is 12.1 Å². The van der Waals surface area contributed by atoms with Crippen molar-refractivity contribution in [2.75, 3.05) is 0 Å². The molecule has 2 nitrogen and oxygen atoms in total. The molecule has 0 fully saturated rings. The average Bonchev–Trinajstić information content (AvgIpc) is 2.26. The fourth-order valence-corrected chi connectivity index (χ4v) is 1.11. The second-order valence-electron chi connectivity index (χ2n) is 2.96. The van der Waals surface area contributed by atoms with Gasteiger partial charge in [0.2, 0.25) is 0 Å². The van der Waals surface area contributed by atoms with Gasteiger partial charge in [0, 0.05) is 18.4 Å². The fourth-order valence-electron chi connectivity index (χ4n) is 1.11. The molecule has 0 aliphatic rings. The van der Waals surface area contributed by atoms with Crippen molar-refractivity contribution in [3.63, 3.8) is 0 Å². The second-order valence-corrected chi connectivity index (χ2v) is 2.96. The van der Waals surface area contributed by atoms with Gasteiger partial charge in [-0.2, -0.15) is 0 Å². The standard InChI is InChI=1S/C12H12O2/c1-2-11(13)8-9-12(14)10-6-4-3-5-7-10/h2-7H,1,8-9H2. The number of allylic oxidation sites excluding steroid dienone is 1. The molecule has 0 radical (unpaired) electrons. The third kappa shape index (κ3) is 2.98. The lowest BCUT2D eigenvalue weighted by molar-refractivity contribution is -0.114. The summed E-state index contributed by atoms with van der Waals surface area (Å²) in [6.07, 6.45) is 1.75. The van der Waals surface area contributed by atoms with Gasteiger partial charge in [0.25, 0.3) is 0 Å². The number of ketones is 2. The van der Waals surface area contributed by atoms with Gasteiger partial charge in [0.05, 0.1) is 0 Å². The molecule has 0 amide bonds. The number of carbonyl (C=O) groups is 2. The minimum atomic E-state index is -0.0886. The molecule has 0 saturated carbocycles. The third-order valence-electron chi connectivity index (χ3n) is 1.92. The summed E-state index contributed by atoms with van der Waals surface area (Å²) in [5.41, 5.74) is 0.657. The van der Waals surface area contributed by atoms with Crippen LogP contribution < -0.4 is 0 Å². The highest BCUT2D eigenvalue weighted by atomic mass is 16.1. The average molecular weight is 188 g/mol. The number of benzene rings is 1. The highest BCUT2D eigenvalue weighted by molar-refractivity contribution is 5.99. The molecule has 0 saturated heterocycles. The second kappa shape index (κ2) is 5.12. The topological polar surface area (TPSA) is 34.1 Å². The molecular weight excluding hydrogens is 176 g/mol. The molecule has 2 heteroatoms. The van der Waals surface area contributed by atoms with Gasteiger partial charge in [0.1, 0.15) is 0 Å². The molecule has 0 spiro atoms. The summed E-state index contributed by atoms with van der Waals surface area (Å²) in [7, 11) is 0. The Morgan fingerprint density at radius 1 is 1.14 bits per heavy atom. The maximum absolute atomic E-state index is 11.5. The van der Waals surface area contributed by atoms with E-state index in [-0.39, 0.29) is 24.4 Å². The number of rotatable bonds is 5. The molecule has 0 aliphatic heterocycles. The molecule has 0 aromatic heterocycles. The minimum absolute atomic E-state index is 0.000741. The highest BCUT2D eigenvalue weighted by Crippen LogP contribution is 2.05. The van der Waals surface area contributed by atoms with Crippen LogP contribution in [0.25, 0.3) is 0 Å². The van der Waals surface area contributed by atoms with Crippen LogP contribution in [0.1, 0.15) is 23.2 Å². The monoisotopic (exact) mass is 188 g/mol. The Kier molecular flexibility index (Phi) is 3.80. The first-order valence-corrected chi connectivity index (χ1v) is 4.47. The van der Waals surface area contributed by atoms with Crippen LogP contribution in [0, 0.1) is 0 Å². The summed E-state index contributed by atoms with van der Waals surface area (Å²) in [5, 5.41) is 0. The van der Waals surface area contributed by atoms with Crippen LogP contribution in [-0.4, -0.2) is 11.6 Å². The summed E-state index contributed by atoms with van der Waals surface area (Å²) < 4.78 is 0. The van der Waals surface area contributed by atoms with Crippen LogP contribution >= 0.6 is 0 Å². The van der Waals surface area contributed by atoms with Crippen LogP contribution in [0.4, 0.5) is 0 Å². The normalized spacial score (nSPS) is 9.43. The first-order chi connectivity index (χ1) is 6.74. The Balaban J connectivity index is 2.52. The molecule has 72 valence electrons. The van der Waals surface area contributed by atoms with Gasteiger partial charge in [-0.05, 0) is 6.08 Å². The lowest BCUT2D eigenvalue weighted by Gasteiger charge is -1.98. The molecule has 1 aromatic rings. The Hall–Kier alpha value is -1.70. The predicted octanol–water partition coefficient (Wildman–Crippen LogP) is 2.40. The lowest BCUT2D eigenvalue weighted by Crippen LogP contribution is -2.02. The van der Waals surface area contributed by atoms with E-state index in [1.807, 2.05) is 18.2 Å². The van der Waals surface area contributed by atoms with Gasteiger partial charge in [-0.3, -0.25) is 9.59 Å². The molecule has 0 aliphatic carbocycles. The highest BCUT2D eigenvalue weighted by Gasteiger charge is 2.06. The molecule has 0 N–H and O–H groups in total. The molecule has 0 atom stereocenters. The third-order valence-corrected chi connectivity index (χ3v) is 1.92. The SMILES string of the molecule is C=CC(=O)CCC(=O)c1ccccc1. The van der Waals surface area contributed by atoms with Gasteiger partial charge in [-0.15, -0.1) is 0 Å².